The lowest BCUT2D eigenvalue weighted by Crippen LogP contribution is -2.01. The number of hydrogen-bond donors (Lipinski definition) is 2. The van der Waals surface area contributed by atoms with E-state index in [1.165, 1.54) is 0 Å². The molecule has 0 atom stereocenters. The number of benzene rings is 2. The molecule has 0 saturated carbocycles. The third-order valence-corrected chi connectivity index (χ3v) is 3.44. The first-order valence-electron chi connectivity index (χ1n) is 6.70. The van der Waals surface area contributed by atoms with Gasteiger partial charge in [0, 0.05) is 41.0 Å². The Kier molecular flexibility index (Phi) is 3.60. The van der Waals surface area contributed by atoms with Crippen LogP contribution in [-0.4, -0.2) is 17.2 Å². The van der Waals surface area contributed by atoms with E-state index in [9.17, 15) is 5.11 Å². The fraction of sp³-hybridized carbons (Fsp3) is 0.118. The summed E-state index contributed by atoms with van der Waals surface area (Å²) < 4.78 is 5.18. The summed E-state index contributed by atoms with van der Waals surface area (Å²) in [7, 11) is 1.61. The topological polar surface area (TPSA) is 54.4 Å². The van der Waals surface area contributed by atoms with E-state index in [1.807, 2.05) is 36.5 Å². The van der Waals surface area contributed by atoms with Crippen LogP contribution < -0.4 is 10.1 Å². The van der Waals surface area contributed by atoms with Gasteiger partial charge in [-0.15, -0.1) is 0 Å². The maximum atomic E-state index is 9.92. The number of pyridine rings is 1. The number of aromatic nitrogens is 1. The second-order valence-corrected chi connectivity index (χ2v) is 4.75. The Balaban J connectivity index is 1.87. The van der Waals surface area contributed by atoms with Gasteiger partial charge in [0.05, 0.1) is 7.11 Å². The SMILES string of the molecule is COc1ccc(O)c(CNc2cccc3cnccc23)c1. The smallest absolute Gasteiger partial charge is 0.120 e. The third kappa shape index (κ3) is 2.74. The van der Waals surface area contributed by atoms with Crippen LogP contribution in [0.1, 0.15) is 5.56 Å². The highest BCUT2D eigenvalue weighted by atomic mass is 16.5. The van der Waals surface area contributed by atoms with Crippen LogP contribution in [0.2, 0.25) is 0 Å². The quantitative estimate of drug-likeness (QED) is 0.767. The number of anilines is 1. The van der Waals surface area contributed by atoms with Gasteiger partial charge in [0.25, 0.3) is 0 Å². The van der Waals surface area contributed by atoms with E-state index in [0.29, 0.717) is 6.54 Å². The third-order valence-electron chi connectivity index (χ3n) is 3.44. The first-order chi connectivity index (χ1) is 10.3. The molecule has 2 aromatic carbocycles. The summed E-state index contributed by atoms with van der Waals surface area (Å²) in [4.78, 5) is 4.12. The summed E-state index contributed by atoms with van der Waals surface area (Å²) in [6.45, 7) is 0.518. The fourth-order valence-electron chi connectivity index (χ4n) is 2.30. The van der Waals surface area contributed by atoms with Crippen molar-refractivity contribution < 1.29 is 9.84 Å². The van der Waals surface area contributed by atoms with Gasteiger partial charge in [0.2, 0.25) is 0 Å². The molecule has 0 unspecified atom stereocenters. The van der Waals surface area contributed by atoms with E-state index in [-0.39, 0.29) is 5.75 Å². The minimum absolute atomic E-state index is 0.255. The van der Waals surface area contributed by atoms with Crippen molar-refractivity contribution in [2.75, 3.05) is 12.4 Å². The van der Waals surface area contributed by atoms with E-state index in [2.05, 4.69) is 10.3 Å². The van der Waals surface area contributed by atoms with Crippen molar-refractivity contribution in [1.82, 2.24) is 4.98 Å². The number of nitrogens with one attached hydrogen (secondary N) is 1. The predicted molar refractivity (Wildman–Crippen MR) is 83.7 cm³/mol. The molecule has 106 valence electrons. The molecule has 3 rings (SSSR count). The summed E-state index contributed by atoms with van der Waals surface area (Å²) in [5, 5.41) is 15.5. The normalized spacial score (nSPS) is 10.5. The van der Waals surface area contributed by atoms with Gasteiger partial charge in [-0.3, -0.25) is 4.98 Å². The lowest BCUT2D eigenvalue weighted by Gasteiger charge is -2.11. The molecule has 0 aliphatic carbocycles. The van der Waals surface area contributed by atoms with E-state index < -0.39 is 0 Å². The van der Waals surface area contributed by atoms with E-state index in [0.717, 1.165) is 27.8 Å². The standard InChI is InChI=1S/C17H16N2O2/c1-21-14-5-6-17(20)13(9-14)11-19-16-4-2-3-12-10-18-8-7-15(12)16/h2-10,19-20H,11H2,1H3. The molecule has 21 heavy (non-hydrogen) atoms. The van der Waals surface area contributed by atoms with E-state index in [4.69, 9.17) is 4.74 Å². The van der Waals surface area contributed by atoms with Gasteiger partial charge < -0.3 is 15.2 Å². The Morgan fingerprint density at radius 2 is 2.10 bits per heavy atom. The summed E-state index contributed by atoms with van der Waals surface area (Å²) >= 11 is 0. The molecule has 0 radical (unpaired) electrons. The largest absolute Gasteiger partial charge is 0.508 e. The van der Waals surface area contributed by atoms with E-state index in [1.54, 1.807) is 25.4 Å². The number of hydrogen-bond acceptors (Lipinski definition) is 4. The van der Waals surface area contributed by atoms with Crippen molar-refractivity contribution in [3.63, 3.8) is 0 Å². The Labute approximate surface area is 123 Å². The van der Waals surface area contributed by atoms with Crippen molar-refractivity contribution in [2.24, 2.45) is 0 Å². The number of nitrogens with zero attached hydrogens (tertiary/aromatic N) is 1. The van der Waals surface area contributed by atoms with Crippen LogP contribution in [0.25, 0.3) is 10.8 Å². The fourth-order valence-corrected chi connectivity index (χ4v) is 2.30. The highest BCUT2D eigenvalue weighted by molar-refractivity contribution is 5.93. The number of phenolic OH excluding ortho intramolecular Hbond substituents is 1. The van der Waals surface area contributed by atoms with E-state index >= 15 is 0 Å². The van der Waals surface area contributed by atoms with Crippen molar-refractivity contribution in [2.45, 2.75) is 6.54 Å². The number of aromatic hydroxyl groups is 1. The molecule has 0 saturated heterocycles. The highest BCUT2D eigenvalue weighted by Gasteiger charge is 2.05. The van der Waals surface area contributed by atoms with Crippen molar-refractivity contribution in [1.29, 1.82) is 0 Å². The van der Waals surface area contributed by atoms with Crippen molar-refractivity contribution >= 4 is 16.5 Å². The average molecular weight is 280 g/mol. The second kappa shape index (κ2) is 5.71. The molecule has 0 amide bonds. The maximum absolute atomic E-state index is 9.92. The van der Waals surface area contributed by atoms with Crippen LogP contribution in [-0.2, 0) is 6.54 Å². The van der Waals surface area contributed by atoms with Gasteiger partial charge in [-0.1, -0.05) is 12.1 Å². The molecule has 0 fully saturated rings. The first kappa shape index (κ1) is 13.2. The number of ether oxygens (including phenoxy) is 1. The lowest BCUT2D eigenvalue weighted by atomic mass is 10.1. The molecular formula is C17H16N2O2. The number of methoxy groups -OCH3 is 1. The van der Waals surface area contributed by atoms with Crippen LogP contribution in [0, 0.1) is 0 Å². The number of phenols is 1. The molecule has 0 spiro atoms. The van der Waals surface area contributed by atoms with Crippen LogP contribution in [0.5, 0.6) is 11.5 Å². The zero-order valence-electron chi connectivity index (χ0n) is 11.7. The van der Waals surface area contributed by atoms with Crippen LogP contribution in [0.3, 0.4) is 0 Å². The second-order valence-electron chi connectivity index (χ2n) is 4.75. The summed E-state index contributed by atoms with van der Waals surface area (Å²) in [6, 6.07) is 13.2. The van der Waals surface area contributed by atoms with Gasteiger partial charge >= 0.3 is 0 Å². The molecule has 3 aromatic rings. The average Bonchev–Trinajstić information content (AvgIpc) is 2.54. The molecular weight excluding hydrogens is 264 g/mol. The molecule has 0 bridgehead atoms. The maximum Gasteiger partial charge on any atom is 0.120 e. The van der Waals surface area contributed by atoms with Gasteiger partial charge in [-0.25, -0.2) is 0 Å². The Morgan fingerprint density at radius 1 is 1.19 bits per heavy atom. The molecule has 0 aliphatic rings. The van der Waals surface area contributed by atoms with Crippen molar-refractivity contribution in [3.05, 3.63) is 60.4 Å². The summed E-state index contributed by atoms with van der Waals surface area (Å²) in [5.74, 6) is 0.983. The Hall–Kier alpha value is -2.75. The van der Waals surface area contributed by atoms with Gasteiger partial charge in [0.15, 0.2) is 0 Å². The van der Waals surface area contributed by atoms with Gasteiger partial charge in [-0.2, -0.15) is 0 Å². The monoisotopic (exact) mass is 280 g/mol. The predicted octanol–water partition coefficient (Wildman–Crippen LogP) is 3.56. The number of rotatable bonds is 4. The Morgan fingerprint density at radius 3 is 2.95 bits per heavy atom. The summed E-state index contributed by atoms with van der Waals surface area (Å²) in [5.41, 5.74) is 1.80. The minimum Gasteiger partial charge on any atom is -0.508 e. The minimum atomic E-state index is 0.255. The summed E-state index contributed by atoms with van der Waals surface area (Å²) in [6.07, 6.45) is 3.61. The molecule has 0 aliphatic heterocycles. The van der Waals surface area contributed by atoms with Gasteiger partial charge in [0.1, 0.15) is 11.5 Å². The Bertz CT molecular complexity index is 766. The molecule has 1 aromatic heterocycles. The van der Waals surface area contributed by atoms with Crippen molar-refractivity contribution in [3.8, 4) is 11.5 Å². The molecule has 1 heterocycles. The van der Waals surface area contributed by atoms with Crippen LogP contribution >= 0.6 is 0 Å². The lowest BCUT2D eigenvalue weighted by molar-refractivity contribution is 0.411. The first-order valence-corrected chi connectivity index (χ1v) is 6.70. The molecule has 4 nitrogen and oxygen atoms in total. The zero-order chi connectivity index (χ0) is 14.7. The zero-order valence-corrected chi connectivity index (χ0v) is 11.7. The molecule has 4 heteroatoms. The number of fused-ring (bicyclic) bond motifs is 1. The highest BCUT2D eigenvalue weighted by Crippen LogP contribution is 2.26. The van der Waals surface area contributed by atoms with Gasteiger partial charge in [-0.05, 0) is 30.3 Å². The molecule has 2 N–H and O–H groups in total. The van der Waals surface area contributed by atoms with Crippen LogP contribution in [0.15, 0.2) is 54.9 Å². The van der Waals surface area contributed by atoms with Crippen LogP contribution in [0.4, 0.5) is 5.69 Å².